The summed E-state index contributed by atoms with van der Waals surface area (Å²) in [5, 5.41) is 9.92. The molecule has 1 atom stereocenters. The van der Waals surface area contributed by atoms with Crippen LogP contribution in [0, 0.1) is 6.92 Å². The quantitative estimate of drug-likeness (QED) is 0.410. The number of hydrogen-bond donors (Lipinski definition) is 1. The zero-order valence-electron chi connectivity index (χ0n) is 20.6. The molecule has 1 saturated heterocycles. The highest BCUT2D eigenvalue weighted by Crippen LogP contribution is 2.37. The van der Waals surface area contributed by atoms with Crippen LogP contribution in [0.5, 0.6) is 0 Å². The van der Waals surface area contributed by atoms with Gasteiger partial charge < -0.3 is 14.9 Å². The second-order valence-electron chi connectivity index (χ2n) is 9.34. The first kappa shape index (κ1) is 27.4. The second-order valence-corrected chi connectivity index (χ2v) is 9.34. The van der Waals surface area contributed by atoms with Crippen molar-refractivity contribution in [1.29, 1.82) is 0 Å². The Hall–Kier alpha value is -3.60. The minimum atomic E-state index is -4.99. The van der Waals surface area contributed by atoms with Gasteiger partial charge in [0.05, 0.1) is 28.5 Å². The molecular weight excluding hydrogens is 512 g/mol. The Morgan fingerprint density at radius 2 is 1.66 bits per heavy atom. The molecule has 1 N–H and O–H groups in total. The molecule has 1 aliphatic rings. The zero-order valence-corrected chi connectivity index (χ0v) is 20.6. The van der Waals surface area contributed by atoms with Crippen LogP contribution in [0.2, 0.25) is 0 Å². The van der Waals surface area contributed by atoms with Crippen molar-refractivity contribution < 1.29 is 36.2 Å². The van der Waals surface area contributed by atoms with Crippen LogP contribution in [-0.2, 0) is 18.9 Å². The number of pyridine rings is 1. The molecular formula is C27H25F6N3O2. The first-order chi connectivity index (χ1) is 17.7. The SMILES string of the molecule is Cc1ccccc1-c1nc(N2CC[C@@H](O)C2)ccc1C(=O)N(C)Cc1cc(C(F)(F)F)cc(C(F)(F)F)c1. The third kappa shape index (κ3) is 5.93. The highest BCUT2D eigenvalue weighted by atomic mass is 19.4. The van der Waals surface area contributed by atoms with Gasteiger partial charge in [0.15, 0.2) is 0 Å². The highest BCUT2D eigenvalue weighted by molar-refractivity contribution is 6.00. The number of amides is 1. The lowest BCUT2D eigenvalue weighted by Crippen LogP contribution is -2.28. The molecule has 5 nitrogen and oxygen atoms in total. The molecule has 0 radical (unpaired) electrons. The Morgan fingerprint density at radius 3 is 2.21 bits per heavy atom. The molecule has 11 heteroatoms. The molecule has 0 unspecified atom stereocenters. The summed E-state index contributed by atoms with van der Waals surface area (Å²) in [5.74, 6) is -0.0681. The predicted octanol–water partition coefficient (Wildman–Crippen LogP) is 5.94. The maximum absolute atomic E-state index is 13.5. The summed E-state index contributed by atoms with van der Waals surface area (Å²) in [4.78, 5) is 21.1. The summed E-state index contributed by atoms with van der Waals surface area (Å²) < 4.78 is 79.7. The van der Waals surface area contributed by atoms with Gasteiger partial charge >= 0.3 is 12.4 Å². The standard InChI is InChI=1S/C27H25F6N3O2/c1-16-5-3-4-6-21(16)24-22(7-8-23(34-24)36-10-9-20(37)15-36)25(38)35(2)14-17-11-18(26(28,29)30)13-19(12-17)27(31,32)33/h3-8,11-13,20,37H,9-10,14-15H2,1-2H3/t20-/m1/s1. The Bertz CT molecular complexity index is 1310. The molecule has 0 bridgehead atoms. The summed E-state index contributed by atoms with van der Waals surface area (Å²) in [7, 11) is 1.31. The van der Waals surface area contributed by atoms with Gasteiger partial charge in [-0.15, -0.1) is 0 Å². The number of benzene rings is 2. The second kappa shape index (κ2) is 10.3. The summed E-state index contributed by atoms with van der Waals surface area (Å²) in [6, 6.07) is 11.6. The fourth-order valence-corrected chi connectivity index (χ4v) is 4.45. The van der Waals surface area contributed by atoms with Gasteiger partial charge in [-0.05, 0) is 54.8 Å². The van der Waals surface area contributed by atoms with Crippen molar-refractivity contribution >= 4 is 11.7 Å². The lowest BCUT2D eigenvalue weighted by molar-refractivity contribution is -0.143. The Labute approximate surface area is 215 Å². The van der Waals surface area contributed by atoms with E-state index >= 15 is 0 Å². The Morgan fingerprint density at radius 1 is 1.03 bits per heavy atom. The minimum Gasteiger partial charge on any atom is -0.391 e. The van der Waals surface area contributed by atoms with Gasteiger partial charge in [-0.1, -0.05) is 24.3 Å². The number of halogens is 6. The average Bonchev–Trinajstić information content (AvgIpc) is 3.28. The molecule has 1 fully saturated rings. The van der Waals surface area contributed by atoms with Crippen molar-refractivity contribution in [3.63, 3.8) is 0 Å². The smallest absolute Gasteiger partial charge is 0.391 e. The third-order valence-electron chi connectivity index (χ3n) is 6.41. The maximum Gasteiger partial charge on any atom is 0.416 e. The molecule has 2 heterocycles. The van der Waals surface area contributed by atoms with Crippen molar-refractivity contribution in [2.45, 2.75) is 38.3 Å². The van der Waals surface area contributed by atoms with Gasteiger partial charge in [0.2, 0.25) is 0 Å². The predicted molar refractivity (Wildman–Crippen MR) is 129 cm³/mol. The number of aliphatic hydroxyl groups excluding tert-OH is 1. The van der Waals surface area contributed by atoms with Crippen LogP contribution in [0.1, 0.15) is 39.0 Å². The molecule has 0 aliphatic carbocycles. The molecule has 0 saturated carbocycles. The van der Waals surface area contributed by atoms with Gasteiger partial charge in [0, 0.05) is 32.2 Å². The normalized spacial score (nSPS) is 16.1. The average molecular weight is 538 g/mol. The van der Waals surface area contributed by atoms with E-state index in [9.17, 15) is 36.2 Å². The van der Waals surface area contributed by atoms with Gasteiger partial charge in [0.25, 0.3) is 5.91 Å². The molecule has 202 valence electrons. The summed E-state index contributed by atoms with van der Waals surface area (Å²) in [5.41, 5.74) is -1.24. The number of hydrogen-bond acceptors (Lipinski definition) is 4. The highest BCUT2D eigenvalue weighted by Gasteiger charge is 2.37. The van der Waals surface area contributed by atoms with E-state index in [1.54, 1.807) is 24.3 Å². The number of aliphatic hydroxyl groups is 1. The number of rotatable bonds is 5. The fourth-order valence-electron chi connectivity index (χ4n) is 4.45. The fraction of sp³-hybridized carbons (Fsp3) is 0.333. The molecule has 38 heavy (non-hydrogen) atoms. The molecule has 1 amide bonds. The van der Waals surface area contributed by atoms with Crippen LogP contribution in [-0.4, -0.2) is 47.1 Å². The van der Waals surface area contributed by atoms with E-state index in [0.717, 1.165) is 10.5 Å². The van der Waals surface area contributed by atoms with E-state index < -0.39 is 42.0 Å². The van der Waals surface area contributed by atoms with Crippen LogP contribution >= 0.6 is 0 Å². The van der Waals surface area contributed by atoms with Crippen LogP contribution in [0.4, 0.5) is 32.2 Å². The van der Waals surface area contributed by atoms with E-state index in [1.807, 2.05) is 24.0 Å². The number of carbonyl (C=O) groups is 1. The van der Waals surface area contributed by atoms with E-state index in [4.69, 9.17) is 4.98 Å². The van der Waals surface area contributed by atoms with Crippen molar-refractivity contribution in [2.75, 3.05) is 25.0 Å². The van der Waals surface area contributed by atoms with E-state index in [2.05, 4.69) is 0 Å². The first-order valence-electron chi connectivity index (χ1n) is 11.8. The lowest BCUT2D eigenvalue weighted by atomic mass is 10.00. The van der Waals surface area contributed by atoms with Crippen molar-refractivity contribution in [3.8, 4) is 11.3 Å². The van der Waals surface area contributed by atoms with E-state index in [0.29, 0.717) is 48.7 Å². The van der Waals surface area contributed by atoms with Crippen LogP contribution < -0.4 is 4.90 Å². The van der Waals surface area contributed by atoms with Crippen LogP contribution in [0.25, 0.3) is 11.3 Å². The van der Waals surface area contributed by atoms with Crippen molar-refractivity contribution in [3.05, 3.63) is 82.4 Å². The first-order valence-corrected chi connectivity index (χ1v) is 11.8. The summed E-state index contributed by atoms with van der Waals surface area (Å²) >= 11 is 0. The number of β-amino-alcohol motifs (C(OH)–C–C–N with tert-alkyl or cyclic N) is 1. The monoisotopic (exact) mass is 537 g/mol. The van der Waals surface area contributed by atoms with Gasteiger partial charge in [-0.2, -0.15) is 26.3 Å². The largest absolute Gasteiger partial charge is 0.416 e. The van der Waals surface area contributed by atoms with Crippen molar-refractivity contribution in [1.82, 2.24) is 9.88 Å². The lowest BCUT2D eigenvalue weighted by Gasteiger charge is -2.23. The van der Waals surface area contributed by atoms with Gasteiger partial charge in [0.1, 0.15) is 5.82 Å². The molecule has 2 aromatic carbocycles. The van der Waals surface area contributed by atoms with E-state index in [-0.39, 0.29) is 17.2 Å². The van der Waals surface area contributed by atoms with Crippen LogP contribution in [0.3, 0.4) is 0 Å². The molecule has 1 aromatic heterocycles. The molecule has 0 spiro atoms. The number of aryl methyl sites for hydroxylation is 1. The van der Waals surface area contributed by atoms with Gasteiger partial charge in [-0.3, -0.25) is 4.79 Å². The van der Waals surface area contributed by atoms with Gasteiger partial charge in [-0.25, -0.2) is 4.98 Å². The summed E-state index contributed by atoms with van der Waals surface area (Å²) in [6.45, 7) is 2.30. The third-order valence-corrected chi connectivity index (χ3v) is 6.41. The minimum absolute atomic E-state index is 0.0551. The van der Waals surface area contributed by atoms with Crippen molar-refractivity contribution in [2.24, 2.45) is 0 Å². The molecule has 3 aromatic rings. The number of nitrogens with zero attached hydrogens (tertiary/aromatic N) is 3. The molecule has 4 rings (SSSR count). The number of aromatic nitrogens is 1. The Balaban J connectivity index is 1.71. The Kier molecular flexibility index (Phi) is 7.42. The number of carbonyl (C=O) groups excluding carboxylic acids is 1. The molecule has 1 aliphatic heterocycles. The number of anilines is 1. The number of alkyl halides is 6. The van der Waals surface area contributed by atoms with E-state index in [1.165, 1.54) is 7.05 Å². The van der Waals surface area contributed by atoms with Crippen LogP contribution in [0.15, 0.2) is 54.6 Å². The summed E-state index contributed by atoms with van der Waals surface area (Å²) in [6.07, 6.45) is -9.90. The maximum atomic E-state index is 13.5. The topological polar surface area (TPSA) is 56.7 Å². The zero-order chi connectivity index (χ0) is 27.8.